The molecule has 4 rings (SSSR count). The Hall–Kier alpha value is -3.16. The van der Waals surface area contributed by atoms with Gasteiger partial charge in [-0.05, 0) is 49.7 Å². The number of hydrogen-bond donors (Lipinski definition) is 3. The van der Waals surface area contributed by atoms with Gasteiger partial charge in [-0.1, -0.05) is 6.92 Å². The van der Waals surface area contributed by atoms with Crippen LogP contribution >= 0.6 is 0 Å². The van der Waals surface area contributed by atoms with E-state index in [4.69, 9.17) is 25.0 Å². The Morgan fingerprint density at radius 1 is 1.12 bits per heavy atom. The summed E-state index contributed by atoms with van der Waals surface area (Å²) >= 11 is 0. The highest BCUT2D eigenvalue weighted by atomic mass is 16.5. The van der Waals surface area contributed by atoms with Gasteiger partial charge in [-0.2, -0.15) is 0 Å². The fraction of sp³-hybridized carbons (Fsp3) is 0.360. The van der Waals surface area contributed by atoms with Crippen molar-refractivity contribution in [1.29, 1.82) is 0 Å². The first-order valence-corrected chi connectivity index (χ1v) is 11.2. The molecule has 2 aromatic rings. The number of anilines is 1. The van der Waals surface area contributed by atoms with Crippen LogP contribution in [0.2, 0.25) is 0 Å². The Labute approximate surface area is 187 Å². The fourth-order valence-corrected chi connectivity index (χ4v) is 3.62. The Bertz CT molecular complexity index is 1240. The standard InChI is InChI=1S/C25H30N4O3/c1-2-10-28-22-16-24-25(20-15-18(6-7-19(20)22)31-13-4-12-30)29-21-8-5-17(14-23(21)32-24)27-11-3-9-26/h5-8,14-16,28,30H,2-4,9-13,26H2,1H3. The zero-order valence-electron chi connectivity index (χ0n) is 18.4. The number of fused-ring (bicyclic) bond motifs is 4. The summed E-state index contributed by atoms with van der Waals surface area (Å²) in [4.78, 5) is 9.49. The minimum atomic E-state index is 0.106. The van der Waals surface area contributed by atoms with Crippen LogP contribution in [0.4, 0.5) is 5.69 Å². The molecule has 0 unspecified atom stereocenters. The van der Waals surface area contributed by atoms with Crippen LogP contribution in [0.5, 0.6) is 5.75 Å². The highest BCUT2D eigenvalue weighted by molar-refractivity contribution is 6.10. The molecule has 1 aliphatic carbocycles. The van der Waals surface area contributed by atoms with E-state index in [9.17, 15) is 0 Å². The van der Waals surface area contributed by atoms with Gasteiger partial charge in [-0.25, -0.2) is 4.98 Å². The van der Waals surface area contributed by atoms with E-state index >= 15 is 0 Å². The lowest BCUT2D eigenvalue weighted by Crippen LogP contribution is -2.07. The molecule has 32 heavy (non-hydrogen) atoms. The van der Waals surface area contributed by atoms with Crippen molar-refractivity contribution in [3.05, 3.63) is 47.8 Å². The molecule has 2 aliphatic rings. The van der Waals surface area contributed by atoms with Crippen LogP contribution in [0, 0.1) is 0 Å². The molecule has 0 radical (unpaired) electrons. The quantitative estimate of drug-likeness (QED) is 0.198. The van der Waals surface area contributed by atoms with Crippen molar-refractivity contribution in [2.24, 2.45) is 10.7 Å². The highest BCUT2D eigenvalue weighted by Crippen LogP contribution is 2.36. The first kappa shape index (κ1) is 22.0. The largest absolute Gasteiger partial charge is 0.493 e. The molecule has 0 atom stereocenters. The first-order valence-electron chi connectivity index (χ1n) is 11.2. The van der Waals surface area contributed by atoms with E-state index < -0.39 is 0 Å². The van der Waals surface area contributed by atoms with Crippen molar-refractivity contribution in [3.63, 3.8) is 0 Å². The fourth-order valence-electron chi connectivity index (χ4n) is 3.62. The maximum atomic E-state index is 9.03. The molecule has 0 bridgehead atoms. The molecular formula is C25H30N4O3. The monoisotopic (exact) mass is 434 g/mol. The highest BCUT2D eigenvalue weighted by Gasteiger charge is 2.15. The van der Waals surface area contributed by atoms with E-state index in [-0.39, 0.29) is 6.61 Å². The smallest absolute Gasteiger partial charge is 0.155 e. The zero-order valence-corrected chi connectivity index (χ0v) is 18.4. The summed E-state index contributed by atoms with van der Waals surface area (Å²) in [6, 6.07) is 13.8. The van der Waals surface area contributed by atoms with Crippen LogP contribution in [-0.2, 0) is 0 Å². The molecule has 0 amide bonds. The van der Waals surface area contributed by atoms with Gasteiger partial charge in [0, 0.05) is 54.7 Å². The van der Waals surface area contributed by atoms with Crippen LogP contribution in [0.1, 0.15) is 26.2 Å². The van der Waals surface area contributed by atoms with Crippen LogP contribution in [0.15, 0.2) is 51.9 Å². The number of hydrogen-bond acceptors (Lipinski definition) is 7. The van der Waals surface area contributed by atoms with Gasteiger partial charge in [-0.3, -0.25) is 4.99 Å². The van der Waals surface area contributed by atoms with E-state index in [2.05, 4.69) is 17.2 Å². The zero-order chi connectivity index (χ0) is 22.3. The third-order valence-corrected chi connectivity index (χ3v) is 5.23. The summed E-state index contributed by atoms with van der Waals surface area (Å²) in [5.41, 5.74) is 8.84. The van der Waals surface area contributed by atoms with Crippen molar-refractivity contribution < 1.29 is 14.3 Å². The maximum absolute atomic E-state index is 9.03. The summed E-state index contributed by atoms with van der Waals surface area (Å²) < 4.78 is 12.1. The van der Waals surface area contributed by atoms with Crippen molar-refractivity contribution >= 4 is 27.6 Å². The average Bonchev–Trinajstić information content (AvgIpc) is 2.81. The summed E-state index contributed by atoms with van der Waals surface area (Å²) in [5.74, 6) is 1.44. The van der Waals surface area contributed by atoms with Crippen molar-refractivity contribution in [1.82, 2.24) is 4.98 Å². The van der Waals surface area contributed by atoms with E-state index in [0.717, 1.165) is 58.2 Å². The first-order chi connectivity index (χ1) is 15.7. The third-order valence-electron chi connectivity index (χ3n) is 5.23. The Kier molecular flexibility index (Phi) is 7.19. The van der Waals surface area contributed by atoms with E-state index in [0.29, 0.717) is 37.5 Å². The van der Waals surface area contributed by atoms with E-state index in [1.54, 1.807) is 0 Å². The summed E-state index contributed by atoms with van der Waals surface area (Å²) in [6.45, 7) is 4.89. The minimum absolute atomic E-state index is 0.106. The number of aliphatic hydroxyl groups excluding tert-OH is 1. The number of nitrogens with two attached hydrogens (primary N) is 1. The topological polar surface area (TPSA) is 106 Å². The lowest BCUT2D eigenvalue weighted by molar-refractivity contribution is 0.234. The number of ether oxygens (including phenoxy) is 1. The Morgan fingerprint density at radius 3 is 2.84 bits per heavy atom. The van der Waals surface area contributed by atoms with E-state index in [1.165, 1.54) is 0 Å². The lowest BCUT2D eigenvalue weighted by Gasteiger charge is -2.14. The summed E-state index contributed by atoms with van der Waals surface area (Å²) in [7, 11) is 0. The molecule has 1 heterocycles. The Balaban J connectivity index is 1.86. The molecule has 168 valence electrons. The van der Waals surface area contributed by atoms with Crippen molar-refractivity contribution in [3.8, 4) is 17.2 Å². The molecule has 0 spiro atoms. The van der Waals surface area contributed by atoms with Crippen LogP contribution in [0.25, 0.3) is 33.3 Å². The SMILES string of the molecule is CCCNc1cc2oc3cc(=NCCCN)ccc-3nc2c2cc(OCCCO)ccc12. The molecule has 2 aromatic carbocycles. The number of nitrogens with zero attached hydrogens (tertiary/aromatic N) is 2. The number of benzene rings is 3. The lowest BCUT2D eigenvalue weighted by atomic mass is 10.1. The molecule has 0 aromatic heterocycles. The number of aliphatic hydroxyl groups is 1. The van der Waals surface area contributed by atoms with Crippen LogP contribution < -0.4 is 21.1 Å². The van der Waals surface area contributed by atoms with Crippen molar-refractivity contribution in [2.75, 3.05) is 38.2 Å². The van der Waals surface area contributed by atoms with Gasteiger partial charge in [0.1, 0.15) is 17.0 Å². The number of aromatic nitrogens is 1. The van der Waals surface area contributed by atoms with Gasteiger partial charge in [0.25, 0.3) is 0 Å². The minimum Gasteiger partial charge on any atom is -0.493 e. The van der Waals surface area contributed by atoms with Crippen LogP contribution in [0.3, 0.4) is 0 Å². The van der Waals surface area contributed by atoms with Crippen LogP contribution in [-0.4, -0.2) is 42.9 Å². The van der Waals surface area contributed by atoms with Gasteiger partial charge in [0.15, 0.2) is 11.3 Å². The second kappa shape index (κ2) is 10.4. The molecular weight excluding hydrogens is 404 g/mol. The third kappa shape index (κ3) is 4.84. The molecule has 7 nitrogen and oxygen atoms in total. The van der Waals surface area contributed by atoms with Gasteiger partial charge < -0.3 is 25.3 Å². The van der Waals surface area contributed by atoms with E-state index in [1.807, 2.05) is 42.5 Å². The number of nitrogens with one attached hydrogen (secondary N) is 1. The predicted molar refractivity (Wildman–Crippen MR) is 128 cm³/mol. The molecule has 0 saturated carbocycles. The predicted octanol–water partition coefficient (Wildman–Crippen LogP) is 3.92. The maximum Gasteiger partial charge on any atom is 0.155 e. The molecule has 4 N–H and O–H groups in total. The summed E-state index contributed by atoms with van der Waals surface area (Å²) in [5, 5.41) is 15.4. The normalized spacial score (nSPS) is 12.2. The van der Waals surface area contributed by atoms with Gasteiger partial charge in [-0.15, -0.1) is 0 Å². The summed E-state index contributed by atoms with van der Waals surface area (Å²) in [6.07, 6.45) is 2.46. The molecule has 7 heteroatoms. The second-order valence-electron chi connectivity index (χ2n) is 7.72. The molecule has 0 saturated heterocycles. The Morgan fingerprint density at radius 2 is 2.03 bits per heavy atom. The molecule has 1 aliphatic heterocycles. The second-order valence-corrected chi connectivity index (χ2v) is 7.72. The van der Waals surface area contributed by atoms with Gasteiger partial charge >= 0.3 is 0 Å². The van der Waals surface area contributed by atoms with Gasteiger partial charge in [0.2, 0.25) is 0 Å². The van der Waals surface area contributed by atoms with Gasteiger partial charge in [0.05, 0.1) is 12.0 Å². The van der Waals surface area contributed by atoms with Crippen molar-refractivity contribution in [2.45, 2.75) is 26.2 Å². The molecule has 0 fully saturated rings. The average molecular weight is 435 g/mol. The number of rotatable bonds is 10.